The summed E-state index contributed by atoms with van der Waals surface area (Å²) in [5, 5.41) is 5.75. The molecule has 22 heavy (non-hydrogen) atoms. The Morgan fingerprint density at radius 3 is 2.41 bits per heavy atom. The van der Waals surface area contributed by atoms with Crippen LogP contribution in [0, 0.1) is 11.8 Å². The Hall–Kier alpha value is -2.04. The van der Waals surface area contributed by atoms with Crippen molar-refractivity contribution in [1.29, 1.82) is 0 Å². The summed E-state index contributed by atoms with van der Waals surface area (Å²) < 4.78 is 5.28. The molecule has 1 aliphatic rings. The fourth-order valence-corrected chi connectivity index (χ4v) is 2.51. The van der Waals surface area contributed by atoms with Gasteiger partial charge >= 0.3 is 0 Å². The fraction of sp³-hybridized carbons (Fsp3) is 0.529. The first-order valence-electron chi connectivity index (χ1n) is 7.84. The summed E-state index contributed by atoms with van der Waals surface area (Å²) in [4.78, 5) is 23.8. The van der Waals surface area contributed by atoms with Gasteiger partial charge in [-0.3, -0.25) is 9.59 Å². The highest BCUT2D eigenvalue weighted by Crippen LogP contribution is 2.38. The second kappa shape index (κ2) is 7.82. The van der Waals surface area contributed by atoms with E-state index in [0.717, 1.165) is 24.2 Å². The van der Waals surface area contributed by atoms with Gasteiger partial charge in [0.1, 0.15) is 5.75 Å². The van der Waals surface area contributed by atoms with E-state index in [1.165, 1.54) is 0 Å². The Labute approximate surface area is 131 Å². The van der Waals surface area contributed by atoms with E-state index in [-0.39, 0.29) is 23.7 Å². The lowest BCUT2D eigenvalue weighted by molar-refractivity contribution is -0.127. The van der Waals surface area contributed by atoms with E-state index in [9.17, 15) is 9.59 Å². The minimum absolute atomic E-state index is 0.00623. The maximum absolute atomic E-state index is 12.0. The summed E-state index contributed by atoms with van der Waals surface area (Å²) in [6.07, 6.45) is 2.29. The van der Waals surface area contributed by atoms with Gasteiger partial charge in [0.2, 0.25) is 11.8 Å². The topological polar surface area (TPSA) is 67.4 Å². The largest absolute Gasteiger partial charge is 0.496 e. The summed E-state index contributed by atoms with van der Waals surface area (Å²) >= 11 is 0. The first-order chi connectivity index (χ1) is 10.7. The van der Waals surface area contributed by atoms with Crippen LogP contribution < -0.4 is 15.4 Å². The third-order valence-corrected chi connectivity index (χ3v) is 3.90. The molecule has 2 amide bonds. The molecule has 0 bridgehead atoms. The number of rotatable bonds is 8. The third-order valence-electron chi connectivity index (χ3n) is 3.90. The lowest BCUT2D eigenvalue weighted by Gasteiger charge is -2.09. The molecule has 0 spiro atoms. The summed E-state index contributed by atoms with van der Waals surface area (Å²) in [5.41, 5.74) is 1.07. The maximum Gasteiger partial charge on any atom is 0.223 e. The molecule has 2 N–H and O–H groups in total. The van der Waals surface area contributed by atoms with Crippen LogP contribution in [0.1, 0.15) is 25.3 Å². The standard InChI is InChI=1S/C17H24N2O3/c1-3-9-18-16(20)13-11-14(13)17(21)19-10-8-12-6-4-5-7-15(12)22-2/h4-7,13-14H,3,8-11H2,1-2H3,(H,18,20)(H,19,21). The van der Waals surface area contributed by atoms with Gasteiger partial charge in [-0.05, 0) is 30.9 Å². The Morgan fingerprint density at radius 1 is 1.14 bits per heavy atom. The Kier molecular flexibility index (Phi) is 5.81. The maximum atomic E-state index is 12.0. The zero-order valence-corrected chi connectivity index (χ0v) is 13.2. The number of methoxy groups -OCH3 is 1. The number of carbonyl (C=O) groups excluding carboxylic acids is 2. The van der Waals surface area contributed by atoms with Crippen LogP contribution in [-0.2, 0) is 16.0 Å². The molecule has 2 unspecified atom stereocenters. The summed E-state index contributed by atoms with van der Waals surface area (Å²) in [6.45, 7) is 3.24. The molecule has 1 saturated carbocycles. The van der Waals surface area contributed by atoms with Gasteiger partial charge in [-0.1, -0.05) is 25.1 Å². The van der Waals surface area contributed by atoms with E-state index in [1.54, 1.807) is 7.11 Å². The van der Waals surface area contributed by atoms with Gasteiger partial charge in [-0.2, -0.15) is 0 Å². The van der Waals surface area contributed by atoms with Crippen LogP contribution in [-0.4, -0.2) is 32.0 Å². The van der Waals surface area contributed by atoms with E-state index in [0.29, 0.717) is 19.5 Å². The number of benzene rings is 1. The van der Waals surface area contributed by atoms with Gasteiger partial charge in [-0.15, -0.1) is 0 Å². The minimum atomic E-state index is -0.158. The molecule has 2 atom stereocenters. The van der Waals surface area contributed by atoms with Crippen molar-refractivity contribution in [3.8, 4) is 5.75 Å². The molecule has 1 aromatic carbocycles. The van der Waals surface area contributed by atoms with Crippen LogP contribution in [0.2, 0.25) is 0 Å². The Morgan fingerprint density at radius 2 is 1.77 bits per heavy atom. The van der Waals surface area contributed by atoms with Gasteiger partial charge in [0.15, 0.2) is 0 Å². The fourth-order valence-electron chi connectivity index (χ4n) is 2.51. The summed E-state index contributed by atoms with van der Waals surface area (Å²) in [6, 6.07) is 7.77. The quantitative estimate of drug-likeness (QED) is 0.765. The molecule has 2 rings (SSSR count). The molecule has 1 fully saturated rings. The second-order valence-corrected chi connectivity index (χ2v) is 5.59. The number of para-hydroxylation sites is 1. The average Bonchev–Trinajstić information content (AvgIpc) is 3.33. The highest BCUT2D eigenvalue weighted by Gasteiger charge is 2.47. The van der Waals surface area contributed by atoms with Crippen molar-refractivity contribution < 1.29 is 14.3 Å². The molecule has 1 aliphatic carbocycles. The molecule has 0 aromatic heterocycles. The van der Waals surface area contributed by atoms with Crippen molar-refractivity contribution in [2.75, 3.05) is 20.2 Å². The average molecular weight is 304 g/mol. The monoisotopic (exact) mass is 304 g/mol. The number of hydrogen-bond donors (Lipinski definition) is 2. The van der Waals surface area contributed by atoms with E-state index in [4.69, 9.17) is 4.74 Å². The molecular weight excluding hydrogens is 280 g/mol. The van der Waals surface area contributed by atoms with Crippen molar-refractivity contribution in [3.63, 3.8) is 0 Å². The highest BCUT2D eigenvalue weighted by molar-refractivity contribution is 5.92. The second-order valence-electron chi connectivity index (χ2n) is 5.59. The van der Waals surface area contributed by atoms with Gasteiger partial charge in [0, 0.05) is 13.1 Å². The number of amides is 2. The third kappa shape index (κ3) is 4.23. The normalized spacial score (nSPS) is 19.4. The van der Waals surface area contributed by atoms with Crippen LogP contribution in [0.4, 0.5) is 0 Å². The predicted molar refractivity (Wildman–Crippen MR) is 84.6 cm³/mol. The summed E-state index contributed by atoms with van der Waals surface area (Å²) in [5.74, 6) is 0.519. The molecule has 0 aliphatic heterocycles. The SMILES string of the molecule is CCCNC(=O)C1CC1C(=O)NCCc1ccccc1OC. The molecule has 0 radical (unpaired) electrons. The molecule has 0 heterocycles. The predicted octanol–water partition coefficient (Wildman–Crippen LogP) is 1.52. The van der Waals surface area contributed by atoms with Crippen LogP contribution >= 0.6 is 0 Å². The first kappa shape index (κ1) is 16.3. The lowest BCUT2D eigenvalue weighted by Crippen LogP contribution is -2.31. The Balaban J connectivity index is 1.72. The van der Waals surface area contributed by atoms with Crippen LogP contribution in [0.3, 0.4) is 0 Å². The lowest BCUT2D eigenvalue weighted by atomic mass is 10.1. The number of nitrogens with one attached hydrogen (secondary N) is 2. The minimum Gasteiger partial charge on any atom is -0.496 e. The van der Waals surface area contributed by atoms with Crippen molar-refractivity contribution in [1.82, 2.24) is 10.6 Å². The van der Waals surface area contributed by atoms with E-state index in [2.05, 4.69) is 10.6 Å². The van der Waals surface area contributed by atoms with Crippen LogP contribution in [0.5, 0.6) is 5.75 Å². The molecule has 5 heteroatoms. The van der Waals surface area contributed by atoms with Crippen molar-refractivity contribution >= 4 is 11.8 Å². The van der Waals surface area contributed by atoms with Crippen LogP contribution in [0.15, 0.2) is 24.3 Å². The van der Waals surface area contributed by atoms with E-state index in [1.807, 2.05) is 31.2 Å². The summed E-state index contributed by atoms with van der Waals surface area (Å²) in [7, 11) is 1.64. The molecular formula is C17H24N2O3. The molecule has 0 saturated heterocycles. The zero-order chi connectivity index (χ0) is 15.9. The highest BCUT2D eigenvalue weighted by atomic mass is 16.5. The van der Waals surface area contributed by atoms with Crippen molar-refractivity contribution in [2.24, 2.45) is 11.8 Å². The first-order valence-corrected chi connectivity index (χ1v) is 7.84. The molecule has 120 valence electrons. The number of carbonyl (C=O) groups is 2. The van der Waals surface area contributed by atoms with Crippen molar-refractivity contribution in [3.05, 3.63) is 29.8 Å². The Bertz CT molecular complexity index is 530. The van der Waals surface area contributed by atoms with E-state index >= 15 is 0 Å². The molecule has 5 nitrogen and oxygen atoms in total. The zero-order valence-electron chi connectivity index (χ0n) is 13.2. The van der Waals surface area contributed by atoms with Gasteiger partial charge < -0.3 is 15.4 Å². The number of hydrogen-bond acceptors (Lipinski definition) is 3. The van der Waals surface area contributed by atoms with Crippen molar-refractivity contribution in [2.45, 2.75) is 26.2 Å². The molecule has 1 aromatic rings. The number of ether oxygens (including phenoxy) is 1. The van der Waals surface area contributed by atoms with Gasteiger partial charge in [0.05, 0.1) is 18.9 Å². The smallest absolute Gasteiger partial charge is 0.223 e. The van der Waals surface area contributed by atoms with Gasteiger partial charge in [-0.25, -0.2) is 0 Å². The van der Waals surface area contributed by atoms with E-state index < -0.39 is 0 Å². The van der Waals surface area contributed by atoms with Gasteiger partial charge in [0.25, 0.3) is 0 Å². The van der Waals surface area contributed by atoms with Crippen LogP contribution in [0.25, 0.3) is 0 Å².